The van der Waals surface area contributed by atoms with Gasteiger partial charge in [-0.05, 0) is 42.0 Å². The van der Waals surface area contributed by atoms with Crippen LogP contribution in [-0.2, 0) is 11.8 Å². The maximum atomic E-state index is 12.1. The summed E-state index contributed by atoms with van der Waals surface area (Å²) in [5, 5.41) is 22.4. The summed E-state index contributed by atoms with van der Waals surface area (Å²) < 4.78 is 6.96. The number of aromatic carboxylic acids is 1. The molecule has 0 radical (unpaired) electrons. The summed E-state index contributed by atoms with van der Waals surface area (Å²) in [5.74, 6) is 0.0773. The lowest BCUT2D eigenvalue weighted by Gasteiger charge is -2.07. The van der Waals surface area contributed by atoms with Gasteiger partial charge in [0.15, 0.2) is 11.0 Å². The number of rotatable bonds is 7. The topological polar surface area (TPSA) is 109 Å². The molecule has 0 atom stereocenters. The Morgan fingerprint density at radius 3 is 2.39 bits per heavy atom. The molecule has 0 aliphatic rings. The van der Waals surface area contributed by atoms with Crippen molar-refractivity contribution in [3.63, 3.8) is 0 Å². The average molecular weight is 397 g/mol. The Hall–Kier alpha value is -3.33. The second kappa shape index (κ2) is 8.57. The molecular formula is C19H17N4O4S-. The van der Waals surface area contributed by atoms with Crippen molar-refractivity contribution in [1.29, 1.82) is 0 Å². The summed E-state index contributed by atoms with van der Waals surface area (Å²) in [6, 6.07) is 13.2. The zero-order valence-electron chi connectivity index (χ0n) is 15.2. The van der Waals surface area contributed by atoms with Gasteiger partial charge >= 0.3 is 0 Å². The summed E-state index contributed by atoms with van der Waals surface area (Å²) in [6.45, 7) is 0. The maximum Gasteiger partial charge on any atom is 0.234 e. The van der Waals surface area contributed by atoms with Gasteiger partial charge in [0.25, 0.3) is 0 Å². The van der Waals surface area contributed by atoms with Gasteiger partial charge in [-0.15, -0.1) is 10.2 Å². The minimum absolute atomic E-state index is 0.0533. The van der Waals surface area contributed by atoms with E-state index in [1.54, 1.807) is 7.11 Å². The predicted molar refractivity (Wildman–Crippen MR) is 103 cm³/mol. The molecule has 1 amide bonds. The van der Waals surface area contributed by atoms with Crippen molar-refractivity contribution in [1.82, 2.24) is 14.8 Å². The van der Waals surface area contributed by atoms with Crippen molar-refractivity contribution in [3.05, 3.63) is 54.1 Å². The molecule has 144 valence electrons. The first kappa shape index (κ1) is 19.4. The number of benzene rings is 2. The summed E-state index contributed by atoms with van der Waals surface area (Å²) in [4.78, 5) is 22.9. The van der Waals surface area contributed by atoms with E-state index in [1.165, 1.54) is 36.0 Å². The van der Waals surface area contributed by atoms with Gasteiger partial charge in [0.05, 0.1) is 18.8 Å². The number of methoxy groups -OCH3 is 1. The van der Waals surface area contributed by atoms with E-state index in [4.69, 9.17) is 4.74 Å². The van der Waals surface area contributed by atoms with E-state index in [9.17, 15) is 14.7 Å². The Labute approximate surface area is 165 Å². The number of nitrogens with zero attached hydrogens (tertiary/aromatic N) is 3. The first-order chi connectivity index (χ1) is 13.5. The number of carboxylic acid groups (broad SMARTS) is 1. The quantitative estimate of drug-likeness (QED) is 0.603. The van der Waals surface area contributed by atoms with Gasteiger partial charge in [-0.3, -0.25) is 4.79 Å². The van der Waals surface area contributed by atoms with Gasteiger partial charge in [-0.2, -0.15) is 0 Å². The minimum atomic E-state index is -1.26. The largest absolute Gasteiger partial charge is 0.545 e. The lowest BCUT2D eigenvalue weighted by Crippen LogP contribution is -2.22. The number of amides is 1. The smallest absolute Gasteiger partial charge is 0.234 e. The van der Waals surface area contributed by atoms with Crippen LogP contribution in [0.2, 0.25) is 0 Å². The number of ether oxygens (including phenoxy) is 1. The van der Waals surface area contributed by atoms with Crippen LogP contribution in [0.4, 0.5) is 5.69 Å². The van der Waals surface area contributed by atoms with Crippen LogP contribution in [0, 0.1) is 0 Å². The number of carbonyl (C=O) groups is 2. The number of aromatic nitrogens is 3. The van der Waals surface area contributed by atoms with Crippen molar-refractivity contribution in [3.8, 4) is 17.1 Å². The molecule has 3 rings (SSSR count). The van der Waals surface area contributed by atoms with Crippen molar-refractivity contribution in [2.24, 2.45) is 7.05 Å². The fourth-order valence-electron chi connectivity index (χ4n) is 2.45. The Balaban J connectivity index is 1.60. The van der Waals surface area contributed by atoms with Crippen LogP contribution in [0.25, 0.3) is 11.4 Å². The third-order valence-electron chi connectivity index (χ3n) is 3.92. The molecule has 0 saturated carbocycles. The van der Waals surface area contributed by atoms with Crippen LogP contribution in [0.1, 0.15) is 10.4 Å². The van der Waals surface area contributed by atoms with Crippen LogP contribution in [-0.4, -0.2) is 39.5 Å². The Kier molecular flexibility index (Phi) is 5.95. The molecule has 0 spiro atoms. The monoisotopic (exact) mass is 397 g/mol. The molecule has 1 heterocycles. The highest BCUT2D eigenvalue weighted by Crippen LogP contribution is 2.24. The van der Waals surface area contributed by atoms with E-state index < -0.39 is 5.97 Å². The first-order valence-corrected chi connectivity index (χ1v) is 9.24. The number of hydrogen-bond acceptors (Lipinski definition) is 7. The van der Waals surface area contributed by atoms with Gasteiger partial charge in [0.1, 0.15) is 5.75 Å². The fraction of sp³-hybridized carbons (Fsp3) is 0.158. The molecule has 3 aromatic rings. The highest BCUT2D eigenvalue weighted by atomic mass is 32.2. The number of carboxylic acids is 1. The predicted octanol–water partition coefficient (Wildman–Crippen LogP) is 1.58. The fourth-order valence-corrected chi connectivity index (χ4v) is 3.16. The first-order valence-electron chi connectivity index (χ1n) is 8.26. The van der Waals surface area contributed by atoms with E-state index in [0.29, 0.717) is 16.7 Å². The molecule has 0 saturated heterocycles. The third kappa shape index (κ3) is 4.49. The SMILES string of the molecule is COc1ccc(-c2nnc(SCC(=O)Nc3ccc(C(=O)[O-])cc3)n2C)cc1. The molecule has 0 fully saturated rings. The van der Waals surface area contributed by atoms with E-state index in [2.05, 4.69) is 15.5 Å². The lowest BCUT2D eigenvalue weighted by atomic mass is 10.2. The number of nitrogens with one attached hydrogen (secondary N) is 1. The normalized spacial score (nSPS) is 10.5. The number of thioether (sulfide) groups is 1. The third-order valence-corrected chi connectivity index (χ3v) is 4.94. The van der Waals surface area contributed by atoms with Crippen LogP contribution in [0.5, 0.6) is 5.75 Å². The van der Waals surface area contributed by atoms with Gasteiger partial charge < -0.3 is 24.5 Å². The highest BCUT2D eigenvalue weighted by Gasteiger charge is 2.13. The second-order valence-electron chi connectivity index (χ2n) is 5.80. The number of carbonyl (C=O) groups excluding carboxylic acids is 2. The van der Waals surface area contributed by atoms with E-state index in [-0.39, 0.29) is 17.2 Å². The van der Waals surface area contributed by atoms with Gasteiger partial charge in [0, 0.05) is 18.3 Å². The van der Waals surface area contributed by atoms with Crippen LogP contribution in [0.3, 0.4) is 0 Å². The van der Waals surface area contributed by atoms with E-state index in [1.807, 2.05) is 35.9 Å². The standard InChI is InChI=1S/C19H18N4O4S/c1-23-17(12-5-9-15(27-2)10-6-12)21-22-19(23)28-11-16(24)20-14-7-3-13(4-8-14)18(25)26/h3-10H,11H2,1-2H3,(H,20,24)(H,25,26)/p-1. The highest BCUT2D eigenvalue weighted by molar-refractivity contribution is 7.99. The van der Waals surface area contributed by atoms with Crippen molar-refractivity contribution < 1.29 is 19.4 Å². The molecule has 8 nitrogen and oxygen atoms in total. The van der Waals surface area contributed by atoms with Crippen molar-refractivity contribution in [2.45, 2.75) is 5.16 Å². The van der Waals surface area contributed by atoms with Gasteiger partial charge in [-0.25, -0.2) is 0 Å². The molecule has 28 heavy (non-hydrogen) atoms. The summed E-state index contributed by atoms with van der Waals surface area (Å²) in [5.41, 5.74) is 1.45. The summed E-state index contributed by atoms with van der Waals surface area (Å²) in [7, 11) is 3.44. The minimum Gasteiger partial charge on any atom is -0.545 e. The number of hydrogen-bond donors (Lipinski definition) is 1. The van der Waals surface area contributed by atoms with Crippen LogP contribution in [0.15, 0.2) is 53.7 Å². The molecule has 1 aromatic heterocycles. The lowest BCUT2D eigenvalue weighted by molar-refractivity contribution is -0.255. The molecular weight excluding hydrogens is 380 g/mol. The molecule has 0 aliphatic heterocycles. The zero-order valence-corrected chi connectivity index (χ0v) is 16.0. The Morgan fingerprint density at radius 1 is 1.11 bits per heavy atom. The molecule has 0 aliphatic carbocycles. The zero-order chi connectivity index (χ0) is 20.1. The van der Waals surface area contributed by atoms with Crippen LogP contribution < -0.4 is 15.2 Å². The summed E-state index contributed by atoms with van der Waals surface area (Å²) >= 11 is 1.25. The maximum absolute atomic E-state index is 12.1. The Morgan fingerprint density at radius 2 is 1.79 bits per heavy atom. The van der Waals surface area contributed by atoms with Crippen molar-refractivity contribution >= 4 is 29.3 Å². The van der Waals surface area contributed by atoms with E-state index in [0.717, 1.165) is 11.3 Å². The van der Waals surface area contributed by atoms with Gasteiger partial charge in [0.2, 0.25) is 5.91 Å². The number of anilines is 1. The van der Waals surface area contributed by atoms with Crippen molar-refractivity contribution in [2.75, 3.05) is 18.2 Å². The molecule has 2 aromatic carbocycles. The average Bonchev–Trinajstić information content (AvgIpc) is 3.07. The molecule has 1 N–H and O–H groups in total. The second-order valence-corrected chi connectivity index (χ2v) is 6.74. The molecule has 9 heteroatoms. The Bertz CT molecular complexity index is 984. The summed E-state index contributed by atoms with van der Waals surface area (Å²) in [6.07, 6.45) is 0. The molecule has 0 bridgehead atoms. The van der Waals surface area contributed by atoms with E-state index >= 15 is 0 Å². The van der Waals surface area contributed by atoms with Gasteiger partial charge in [-0.1, -0.05) is 23.9 Å². The van der Waals surface area contributed by atoms with Crippen LogP contribution >= 0.6 is 11.8 Å². The molecule has 0 unspecified atom stereocenters.